The smallest absolute Gasteiger partial charge is 0.404 e. The van der Waals surface area contributed by atoms with Crippen LogP contribution < -0.4 is 16.0 Å². The van der Waals surface area contributed by atoms with E-state index in [2.05, 4.69) is 16.0 Å². The lowest BCUT2D eigenvalue weighted by Gasteiger charge is -2.30. The predicted molar refractivity (Wildman–Crippen MR) is 75.2 cm³/mol. The SMILES string of the molecule is O=C(O)NC1CCC(NCNC2CCCCC2)CC1. The highest BCUT2D eigenvalue weighted by Crippen LogP contribution is 2.19. The maximum Gasteiger partial charge on any atom is 0.404 e. The summed E-state index contributed by atoms with van der Waals surface area (Å²) in [6.45, 7) is 0.895. The average Bonchev–Trinajstić information content (AvgIpc) is 2.41. The molecule has 0 spiro atoms. The van der Waals surface area contributed by atoms with Gasteiger partial charge in [0.1, 0.15) is 0 Å². The van der Waals surface area contributed by atoms with Crippen molar-refractivity contribution in [2.75, 3.05) is 6.67 Å². The molecule has 0 atom stereocenters. The van der Waals surface area contributed by atoms with E-state index in [1.165, 1.54) is 32.1 Å². The molecule has 2 aliphatic carbocycles. The molecule has 0 aliphatic heterocycles. The quantitative estimate of drug-likeness (QED) is 0.576. The molecule has 0 heterocycles. The lowest BCUT2D eigenvalue weighted by atomic mass is 9.91. The molecule has 0 unspecified atom stereocenters. The zero-order valence-electron chi connectivity index (χ0n) is 11.7. The average molecular weight is 269 g/mol. The van der Waals surface area contributed by atoms with Gasteiger partial charge in [-0.3, -0.25) is 0 Å². The fraction of sp³-hybridized carbons (Fsp3) is 0.929. The normalized spacial score (nSPS) is 29.1. The van der Waals surface area contributed by atoms with E-state index < -0.39 is 6.09 Å². The zero-order chi connectivity index (χ0) is 13.5. The Kier molecular flexibility index (Phi) is 5.92. The standard InChI is InChI=1S/C14H27N3O2/c18-14(19)17-13-8-6-12(7-9-13)16-10-15-11-4-2-1-3-5-11/h11-13,15-17H,1-10H2,(H,18,19). The maximum absolute atomic E-state index is 10.6. The summed E-state index contributed by atoms with van der Waals surface area (Å²) in [7, 11) is 0. The molecule has 0 bridgehead atoms. The number of amides is 1. The second kappa shape index (κ2) is 7.70. The van der Waals surface area contributed by atoms with Gasteiger partial charge in [-0.1, -0.05) is 19.3 Å². The fourth-order valence-corrected chi connectivity index (χ4v) is 3.27. The molecule has 2 aliphatic rings. The molecule has 0 aromatic heterocycles. The van der Waals surface area contributed by atoms with Crippen molar-refractivity contribution in [2.24, 2.45) is 0 Å². The van der Waals surface area contributed by atoms with Crippen LogP contribution in [0.1, 0.15) is 57.8 Å². The summed E-state index contributed by atoms with van der Waals surface area (Å²) in [6.07, 6.45) is 9.90. The molecular weight excluding hydrogens is 242 g/mol. The minimum atomic E-state index is -0.893. The lowest BCUT2D eigenvalue weighted by molar-refractivity contribution is 0.183. The Morgan fingerprint density at radius 2 is 1.37 bits per heavy atom. The van der Waals surface area contributed by atoms with Crippen molar-refractivity contribution >= 4 is 6.09 Å². The van der Waals surface area contributed by atoms with E-state index in [0.29, 0.717) is 12.1 Å². The van der Waals surface area contributed by atoms with Gasteiger partial charge in [0.25, 0.3) is 0 Å². The molecule has 1 amide bonds. The number of rotatable bonds is 5. The van der Waals surface area contributed by atoms with E-state index in [-0.39, 0.29) is 6.04 Å². The third-order valence-electron chi connectivity index (χ3n) is 4.44. The highest BCUT2D eigenvalue weighted by atomic mass is 16.4. The monoisotopic (exact) mass is 269 g/mol. The van der Waals surface area contributed by atoms with Crippen LogP contribution in [0.2, 0.25) is 0 Å². The second-order valence-electron chi connectivity index (χ2n) is 5.92. The van der Waals surface area contributed by atoms with Crippen LogP contribution in [-0.2, 0) is 0 Å². The van der Waals surface area contributed by atoms with E-state index in [1.54, 1.807) is 0 Å². The number of nitrogens with one attached hydrogen (secondary N) is 3. The van der Waals surface area contributed by atoms with Crippen LogP contribution in [-0.4, -0.2) is 36.0 Å². The third-order valence-corrected chi connectivity index (χ3v) is 4.44. The summed E-state index contributed by atoms with van der Waals surface area (Å²) in [5.41, 5.74) is 0. The van der Waals surface area contributed by atoms with E-state index >= 15 is 0 Å². The Bertz CT molecular complexity index is 272. The third kappa shape index (κ3) is 5.37. The van der Waals surface area contributed by atoms with Gasteiger partial charge in [-0.25, -0.2) is 4.79 Å². The van der Waals surface area contributed by atoms with Gasteiger partial charge in [0.05, 0.1) is 0 Å². The van der Waals surface area contributed by atoms with Crippen molar-refractivity contribution in [3.63, 3.8) is 0 Å². The molecule has 2 saturated carbocycles. The zero-order valence-corrected chi connectivity index (χ0v) is 11.7. The van der Waals surface area contributed by atoms with E-state index in [9.17, 15) is 4.79 Å². The molecule has 2 fully saturated rings. The summed E-state index contributed by atoms with van der Waals surface area (Å²) in [5.74, 6) is 0. The van der Waals surface area contributed by atoms with Gasteiger partial charge in [-0.2, -0.15) is 0 Å². The van der Waals surface area contributed by atoms with Crippen molar-refractivity contribution in [1.29, 1.82) is 0 Å². The summed E-state index contributed by atoms with van der Waals surface area (Å²) in [4.78, 5) is 10.6. The molecule has 19 heavy (non-hydrogen) atoms. The first-order chi connectivity index (χ1) is 9.24. The van der Waals surface area contributed by atoms with Crippen molar-refractivity contribution in [2.45, 2.75) is 75.9 Å². The highest BCUT2D eigenvalue weighted by molar-refractivity contribution is 5.64. The summed E-state index contributed by atoms with van der Waals surface area (Å²) in [6, 6.07) is 1.40. The molecule has 0 aromatic carbocycles. The van der Waals surface area contributed by atoms with Crippen LogP contribution in [0.4, 0.5) is 4.79 Å². The minimum absolute atomic E-state index is 0.154. The summed E-state index contributed by atoms with van der Waals surface area (Å²) < 4.78 is 0. The van der Waals surface area contributed by atoms with Gasteiger partial charge in [-0.05, 0) is 38.5 Å². The molecule has 2 rings (SSSR count). The van der Waals surface area contributed by atoms with Crippen LogP contribution in [0, 0.1) is 0 Å². The first-order valence-corrected chi connectivity index (χ1v) is 7.70. The first-order valence-electron chi connectivity index (χ1n) is 7.70. The molecule has 0 radical (unpaired) electrons. The number of hydrogen-bond acceptors (Lipinski definition) is 3. The Labute approximate surface area is 115 Å². The topological polar surface area (TPSA) is 73.4 Å². The molecule has 4 N–H and O–H groups in total. The van der Waals surface area contributed by atoms with Crippen LogP contribution in [0.5, 0.6) is 0 Å². The van der Waals surface area contributed by atoms with Crippen LogP contribution in [0.3, 0.4) is 0 Å². The van der Waals surface area contributed by atoms with Crippen molar-refractivity contribution in [3.8, 4) is 0 Å². The van der Waals surface area contributed by atoms with E-state index in [0.717, 1.165) is 32.4 Å². The molecule has 0 aromatic rings. The number of carbonyl (C=O) groups is 1. The van der Waals surface area contributed by atoms with E-state index in [1.807, 2.05) is 0 Å². The Morgan fingerprint density at radius 3 is 1.95 bits per heavy atom. The van der Waals surface area contributed by atoms with Crippen LogP contribution >= 0.6 is 0 Å². The van der Waals surface area contributed by atoms with Crippen LogP contribution in [0.25, 0.3) is 0 Å². The van der Waals surface area contributed by atoms with Crippen molar-refractivity contribution < 1.29 is 9.90 Å². The predicted octanol–water partition coefficient (Wildman–Crippen LogP) is 2.03. The second-order valence-corrected chi connectivity index (χ2v) is 5.92. The molecule has 5 nitrogen and oxygen atoms in total. The fourth-order valence-electron chi connectivity index (χ4n) is 3.27. The maximum atomic E-state index is 10.6. The van der Waals surface area contributed by atoms with Gasteiger partial charge in [0.2, 0.25) is 0 Å². The number of hydrogen-bond donors (Lipinski definition) is 4. The Balaban J connectivity index is 1.54. The largest absolute Gasteiger partial charge is 0.465 e. The van der Waals surface area contributed by atoms with Crippen LogP contribution in [0.15, 0.2) is 0 Å². The van der Waals surface area contributed by atoms with Crippen molar-refractivity contribution in [3.05, 3.63) is 0 Å². The minimum Gasteiger partial charge on any atom is -0.465 e. The Morgan fingerprint density at radius 1 is 0.842 bits per heavy atom. The van der Waals surface area contributed by atoms with Gasteiger partial charge in [-0.15, -0.1) is 0 Å². The molecule has 5 heteroatoms. The molecular formula is C14H27N3O2. The summed E-state index contributed by atoms with van der Waals surface area (Å²) >= 11 is 0. The highest BCUT2D eigenvalue weighted by Gasteiger charge is 2.22. The van der Waals surface area contributed by atoms with Gasteiger partial charge < -0.3 is 21.1 Å². The number of carboxylic acid groups (broad SMARTS) is 1. The molecule has 110 valence electrons. The van der Waals surface area contributed by atoms with Gasteiger partial charge in [0.15, 0.2) is 0 Å². The van der Waals surface area contributed by atoms with Gasteiger partial charge in [0, 0.05) is 24.8 Å². The summed E-state index contributed by atoms with van der Waals surface area (Å²) in [5, 5.41) is 18.4. The lowest BCUT2D eigenvalue weighted by Crippen LogP contribution is -2.46. The van der Waals surface area contributed by atoms with E-state index in [4.69, 9.17) is 5.11 Å². The first kappa shape index (κ1) is 14.6. The van der Waals surface area contributed by atoms with Crippen molar-refractivity contribution in [1.82, 2.24) is 16.0 Å². The Hall–Kier alpha value is -0.810. The molecule has 0 saturated heterocycles. The van der Waals surface area contributed by atoms with Gasteiger partial charge >= 0.3 is 6.09 Å².